The highest BCUT2D eigenvalue weighted by molar-refractivity contribution is 5.54. The predicted octanol–water partition coefficient (Wildman–Crippen LogP) is 2.18. The molecule has 1 N–H and O–H groups in total. The lowest BCUT2D eigenvalue weighted by Gasteiger charge is -2.26. The molecule has 1 aromatic heterocycles. The summed E-state index contributed by atoms with van der Waals surface area (Å²) in [6.45, 7) is 0.924. The summed E-state index contributed by atoms with van der Waals surface area (Å²) in [5.41, 5.74) is 3.77. The number of para-hydroxylation sites is 1. The van der Waals surface area contributed by atoms with Gasteiger partial charge >= 0.3 is 0 Å². The van der Waals surface area contributed by atoms with E-state index in [1.165, 1.54) is 16.9 Å². The Balaban J connectivity index is 1.94. The lowest BCUT2D eigenvalue weighted by Crippen LogP contribution is -2.23. The van der Waals surface area contributed by atoms with Gasteiger partial charge in [-0.05, 0) is 18.1 Å². The van der Waals surface area contributed by atoms with E-state index in [9.17, 15) is 0 Å². The van der Waals surface area contributed by atoms with Gasteiger partial charge < -0.3 is 10.1 Å². The summed E-state index contributed by atoms with van der Waals surface area (Å²) < 4.78 is 7.31. The number of nitrogens with one attached hydrogen (secondary N) is 1. The van der Waals surface area contributed by atoms with E-state index in [1.54, 1.807) is 13.3 Å². The minimum absolute atomic E-state index is 0.405. The molecule has 2 heterocycles. The summed E-state index contributed by atoms with van der Waals surface area (Å²) in [6, 6.07) is 8.46. The van der Waals surface area contributed by atoms with Gasteiger partial charge in [0.05, 0.1) is 19.0 Å². The molecule has 18 heavy (non-hydrogen) atoms. The van der Waals surface area contributed by atoms with Crippen LogP contribution >= 0.6 is 0 Å². The molecule has 1 atom stereocenters. The SMILES string of the molecule is COc1cnn(C)c1C1CNc2ccccc2C1. The van der Waals surface area contributed by atoms with Gasteiger partial charge in [0.15, 0.2) is 5.75 Å². The van der Waals surface area contributed by atoms with Crippen molar-refractivity contribution in [1.82, 2.24) is 9.78 Å². The van der Waals surface area contributed by atoms with Crippen LogP contribution in [-0.4, -0.2) is 23.4 Å². The maximum atomic E-state index is 5.40. The molecule has 1 aliphatic rings. The number of rotatable bonds is 2. The van der Waals surface area contributed by atoms with Crippen molar-refractivity contribution < 1.29 is 4.74 Å². The van der Waals surface area contributed by atoms with Crippen LogP contribution in [0.15, 0.2) is 30.5 Å². The molecule has 0 saturated heterocycles. The molecule has 0 radical (unpaired) electrons. The molecule has 1 unspecified atom stereocenters. The normalized spacial score (nSPS) is 18.0. The van der Waals surface area contributed by atoms with Gasteiger partial charge in [0.2, 0.25) is 0 Å². The largest absolute Gasteiger partial charge is 0.493 e. The zero-order valence-electron chi connectivity index (χ0n) is 10.7. The van der Waals surface area contributed by atoms with E-state index in [-0.39, 0.29) is 0 Å². The highest BCUT2D eigenvalue weighted by atomic mass is 16.5. The summed E-state index contributed by atoms with van der Waals surface area (Å²) in [6.07, 6.45) is 2.81. The average Bonchev–Trinajstić information content (AvgIpc) is 2.79. The Morgan fingerprint density at radius 2 is 2.22 bits per heavy atom. The van der Waals surface area contributed by atoms with Crippen molar-refractivity contribution in [2.24, 2.45) is 7.05 Å². The quantitative estimate of drug-likeness (QED) is 0.878. The molecular formula is C14H17N3O. The van der Waals surface area contributed by atoms with E-state index >= 15 is 0 Å². The van der Waals surface area contributed by atoms with E-state index in [2.05, 4.69) is 34.7 Å². The van der Waals surface area contributed by atoms with Crippen LogP contribution in [0.1, 0.15) is 17.2 Å². The van der Waals surface area contributed by atoms with Gasteiger partial charge in [0.25, 0.3) is 0 Å². The van der Waals surface area contributed by atoms with Crippen LogP contribution in [0.4, 0.5) is 5.69 Å². The molecule has 0 aliphatic carbocycles. The zero-order valence-corrected chi connectivity index (χ0v) is 10.7. The Hall–Kier alpha value is -1.97. The third-order valence-electron chi connectivity index (χ3n) is 3.58. The summed E-state index contributed by atoms with van der Waals surface area (Å²) >= 11 is 0. The van der Waals surface area contributed by atoms with E-state index < -0.39 is 0 Å². The predicted molar refractivity (Wildman–Crippen MR) is 71.1 cm³/mol. The van der Waals surface area contributed by atoms with Crippen LogP contribution in [0.3, 0.4) is 0 Å². The number of fused-ring (bicyclic) bond motifs is 1. The topological polar surface area (TPSA) is 39.1 Å². The fourth-order valence-corrected chi connectivity index (χ4v) is 2.68. The number of aryl methyl sites for hydroxylation is 1. The molecule has 0 bridgehead atoms. The number of nitrogens with zero attached hydrogens (tertiary/aromatic N) is 2. The first kappa shape index (κ1) is 11.1. The minimum atomic E-state index is 0.405. The number of aromatic nitrogens is 2. The lowest BCUT2D eigenvalue weighted by molar-refractivity contribution is 0.402. The third kappa shape index (κ3) is 1.74. The molecule has 4 nitrogen and oxygen atoms in total. The Morgan fingerprint density at radius 3 is 3.06 bits per heavy atom. The fourth-order valence-electron chi connectivity index (χ4n) is 2.68. The monoisotopic (exact) mass is 243 g/mol. The summed E-state index contributed by atoms with van der Waals surface area (Å²) in [4.78, 5) is 0. The van der Waals surface area contributed by atoms with Crippen LogP contribution in [-0.2, 0) is 13.5 Å². The van der Waals surface area contributed by atoms with Crippen LogP contribution in [0.25, 0.3) is 0 Å². The van der Waals surface area contributed by atoms with E-state index in [4.69, 9.17) is 4.74 Å². The van der Waals surface area contributed by atoms with E-state index in [0.717, 1.165) is 18.7 Å². The van der Waals surface area contributed by atoms with Crippen molar-refractivity contribution in [3.8, 4) is 5.75 Å². The second kappa shape index (κ2) is 4.37. The molecule has 2 aromatic rings. The summed E-state index contributed by atoms with van der Waals surface area (Å²) in [7, 11) is 3.67. The highest BCUT2D eigenvalue weighted by Crippen LogP contribution is 2.34. The van der Waals surface area contributed by atoms with Crippen LogP contribution in [0.5, 0.6) is 5.75 Å². The zero-order chi connectivity index (χ0) is 12.5. The molecule has 94 valence electrons. The van der Waals surface area contributed by atoms with Crippen LogP contribution in [0.2, 0.25) is 0 Å². The Kier molecular flexibility index (Phi) is 2.70. The molecule has 0 fully saturated rings. The Bertz CT molecular complexity index is 562. The molecule has 4 heteroatoms. The van der Waals surface area contributed by atoms with Crippen molar-refractivity contribution in [3.05, 3.63) is 41.7 Å². The molecule has 0 spiro atoms. The van der Waals surface area contributed by atoms with E-state index in [0.29, 0.717) is 5.92 Å². The molecule has 0 saturated carbocycles. The number of benzene rings is 1. The molecule has 3 rings (SSSR count). The lowest BCUT2D eigenvalue weighted by atomic mass is 9.91. The number of anilines is 1. The first-order valence-electron chi connectivity index (χ1n) is 6.17. The second-order valence-electron chi connectivity index (χ2n) is 4.66. The van der Waals surface area contributed by atoms with Crippen molar-refractivity contribution >= 4 is 5.69 Å². The highest BCUT2D eigenvalue weighted by Gasteiger charge is 2.25. The molecule has 1 aromatic carbocycles. The third-order valence-corrected chi connectivity index (χ3v) is 3.58. The maximum Gasteiger partial charge on any atom is 0.160 e. The molecular weight excluding hydrogens is 226 g/mol. The number of hydrogen-bond acceptors (Lipinski definition) is 3. The number of ether oxygens (including phenoxy) is 1. The van der Waals surface area contributed by atoms with Gasteiger partial charge in [0.1, 0.15) is 0 Å². The smallest absolute Gasteiger partial charge is 0.160 e. The van der Waals surface area contributed by atoms with Crippen molar-refractivity contribution in [1.29, 1.82) is 0 Å². The minimum Gasteiger partial charge on any atom is -0.493 e. The van der Waals surface area contributed by atoms with Gasteiger partial charge in [-0.3, -0.25) is 4.68 Å². The first-order chi connectivity index (χ1) is 8.79. The van der Waals surface area contributed by atoms with Crippen molar-refractivity contribution in [2.75, 3.05) is 19.0 Å². The molecule has 1 aliphatic heterocycles. The van der Waals surface area contributed by atoms with Gasteiger partial charge in [-0.1, -0.05) is 18.2 Å². The second-order valence-corrected chi connectivity index (χ2v) is 4.66. The number of hydrogen-bond donors (Lipinski definition) is 1. The number of methoxy groups -OCH3 is 1. The average molecular weight is 243 g/mol. The van der Waals surface area contributed by atoms with Crippen molar-refractivity contribution in [3.63, 3.8) is 0 Å². The van der Waals surface area contributed by atoms with Crippen LogP contribution < -0.4 is 10.1 Å². The standard InChI is InChI=1S/C14H17N3O/c1-17-14(13(18-2)9-16-17)11-7-10-5-3-4-6-12(10)15-8-11/h3-6,9,11,15H,7-8H2,1-2H3. The van der Waals surface area contributed by atoms with Gasteiger partial charge in [-0.15, -0.1) is 0 Å². The van der Waals surface area contributed by atoms with Crippen LogP contribution in [0, 0.1) is 0 Å². The Morgan fingerprint density at radius 1 is 1.39 bits per heavy atom. The maximum absolute atomic E-state index is 5.40. The van der Waals surface area contributed by atoms with Gasteiger partial charge in [-0.25, -0.2) is 0 Å². The van der Waals surface area contributed by atoms with Gasteiger partial charge in [-0.2, -0.15) is 5.10 Å². The van der Waals surface area contributed by atoms with Gasteiger partial charge in [0, 0.05) is 25.2 Å². The first-order valence-corrected chi connectivity index (χ1v) is 6.17. The summed E-state index contributed by atoms with van der Waals surface area (Å²) in [5, 5.41) is 7.77. The molecule has 0 amide bonds. The summed E-state index contributed by atoms with van der Waals surface area (Å²) in [5.74, 6) is 1.28. The fraction of sp³-hybridized carbons (Fsp3) is 0.357. The Labute approximate surface area is 107 Å². The van der Waals surface area contributed by atoms with Crippen molar-refractivity contribution in [2.45, 2.75) is 12.3 Å². The van der Waals surface area contributed by atoms with E-state index in [1.807, 2.05) is 11.7 Å².